The lowest BCUT2D eigenvalue weighted by Gasteiger charge is -2.33. The Morgan fingerprint density at radius 1 is 1.22 bits per heavy atom. The molecule has 0 bridgehead atoms. The van der Waals surface area contributed by atoms with Crippen molar-refractivity contribution < 1.29 is 9.59 Å². The molecule has 3 rings (SSSR count). The highest BCUT2D eigenvalue weighted by atomic mass is 16.2. The van der Waals surface area contributed by atoms with Gasteiger partial charge >= 0.3 is 6.03 Å². The number of hydrogen-bond donors (Lipinski definition) is 1. The van der Waals surface area contributed by atoms with Gasteiger partial charge in [0.2, 0.25) is 5.91 Å². The summed E-state index contributed by atoms with van der Waals surface area (Å²) >= 11 is 0. The topological polar surface area (TPSA) is 52.7 Å². The number of hydrogen-bond acceptors (Lipinski definition) is 2. The van der Waals surface area contributed by atoms with Gasteiger partial charge in [-0.3, -0.25) is 4.79 Å². The van der Waals surface area contributed by atoms with E-state index in [9.17, 15) is 9.59 Å². The molecule has 1 N–H and O–H groups in total. The molecule has 0 spiro atoms. The molecular weight excluding hydrogens is 290 g/mol. The van der Waals surface area contributed by atoms with E-state index < -0.39 is 0 Å². The monoisotopic (exact) mass is 313 g/mol. The predicted octanol–water partition coefficient (Wildman–Crippen LogP) is 2.49. The van der Waals surface area contributed by atoms with Crippen molar-refractivity contribution >= 4 is 17.6 Å². The molecule has 2 atom stereocenters. The van der Waals surface area contributed by atoms with E-state index in [0.29, 0.717) is 18.4 Å². The lowest BCUT2D eigenvalue weighted by molar-refractivity contribution is -0.128. The number of likely N-dealkylation sites (tertiary alicyclic amines) is 2. The van der Waals surface area contributed by atoms with Crippen LogP contribution in [0.25, 0.3) is 0 Å². The van der Waals surface area contributed by atoms with Crippen molar-refractivity contribution in [2.75, 3.05) is 31.5 Å². The van der Waals surface area contributed by atoms with Crippen molar-refractivity contribution in [1.82, 2.24) is 9.80 Å². The third kappa shape index (κ3) is 3.38. The zero-order valence-electron chi connectivity index (χ0n) is 13.5. The highest BCUT2D eigenvalue weighted by Crippen LogP contribution is 2.31. The summed E-state index contributed by atoms with van der Waals surface area (Å²) in [5, 5.41) is 2.97. The van der Waals surface area contributed by atoms with Gasteiger partial charge < -0.3 is 15.1 Å². The van der Waals surface area contributed by atoms with Gasteiger partial charge in [-0.1, -0.05) is 18.7 Å². The van der Waals surface area contributed by atoms with Crippen molar-refractivity contribution in [1.29, 1.82) is 0 Å². The number of benzene rings is 1. The largest absolute Gasteiger partial charge is 0.339 e. The molecule has 5 heteroatoms. The van der Waals surface area contributed by atoms with E-state index in [1.54, 1.807) is 0 Å². The van der Waals surface area contributed by atoms with Crippen LogP contribution in [0.2, 0.25) is 0 Å². The Bertz CT molecular complexity index is 628. The second-order valence-electron chi connectivity index (χ2n) is 6.50. The molecule has 2 aliphatic heterocycles. The van der Waals surface area contributed by atoms with Gasteiger partial charge in [0.15, 0.2) is 0 Å². The molecule has 0 saturated carbocycles. The number of fused-ring (bicyclic) bond motifs is 1. The molecule has 1 aromatic carbocycles. The van der Waals surface area contributed by atoms with E-state index >= 15 is 0 Å². The molecule has 2 fully saturated rings. The maximum atomic E-state index is 12.5. The summed E-state index contributed by atoms with van der Waals surface area (Å²) in [6.45, 7) is 8.53. The lowest BCUT2D eigenvalue weighted by atomic mass is 9.89. The maximum Gasteiger partial charge on any atom is 0.321 e. The number of urea groups is 1. The summed E-state index contributed by atoms with van der Waals surface area (Å²) < 4.78 is 0. The molecule has 2 unspecified atom stereocenters. The van der Waals surface area contributed by atoms with Gasteiger partial charge in [0, 0.05) is 31.9 Å². The van der Waals surface area contributed by atoms with Gasteiger partial charge in [-0.25, -0.2) is 4.79 Å². The van der Waals surface area contributed by atoms with E-state index in [1.165, 1.54) is 6.08 Å². The van der Waals surface area contributed by atoms with Crippen molar-refractivity contribution in [2.24, 2.45) is 11.8 Å². The predicted molar refractivity (Wildman–Crippen MR) is 90.1 cm³/mol. The second-order valence-corrected chi connectivity index (χ2v) is 6.50. The molecule has 3 amide bonds. The summed E-state index contributed by atoms with van der Waals surface area (Å²) in [6, 6.07) is 7.76. The Kier molecular flexibility index (Phi) is 4.37. The van der Waals surface area contributed by atoms with Gasteiger partial charge in [-0.2, -0.15) is 0 Å². The van der Waals surface area contributed by atoms with Gasteiger partial charge in [-0.05, 0) is 49.0 Å². The fourth-order valence-electron chi connectivity index (χ4n) is 3.59. The summed E-state index contributed by atoms with van der Waals surface area (Å²) in [5.41, 5.74) is 1.95. The average molecular weight is 313 g/mol. The lowest BCUT2D eigenvalue weighted by Crippen LogP contribution is -2.42. The number of nitrogens with one attached hydrogen (secondary N) is 1. The molecule has 0 aliphatic carbocycles. The van der Waals surface area contributed by atoms with Gasteiger partial charge in [0.05, 0.1) is 0 Å². The fraction of sp³-hybridized carbons (Fsp3) is 0.444. The second kappa shape index (κ2) is 6.44. The number of carbonyl (C=O) groups excluding carboxylic acids is 2. The number of piperidine rings is 1. The third-order valence-electron chi connectivity index (χ3n) is 4.84. The van der Waals surface area contributed by atoms with Crippen molar-refractivity contribution in [3.63, 3.8) is 0 Å². The van der Waals surface area contributed by atoms with Crippen molar-refractivity contribution in [3.05, 3.63) is 42.5 Å². The van der Waals surface area contributed by atoms with Gasteiger partial charge in [0.25, 0.3) is 0 Å². The highest BCUT2D eigenvalue weighted by molar-refractivity contribution is 5.89. The van der Waals surface area contributed by atoms with Crippen LogP contribution in [0.15, 0.2) is 36.9 Å². The molecule has 5 nitrogen and oxygen atoms in total. The number of aryl methyl sites for hydroxylation is 1. The molecule has 2 saturated heterocycles. The smallest absolute Gasteiger partial charge is 0.321 e. The molecule has 0 radical (unpaired) electrons. The third-order valence-corrected chi connectivity index (χ3v) is 4.84. The quantitative estimate of drug-likeness (QED) is 0.853. The van der Waals surface area contributed by atoms with Gasteiger partial charge in [-0.15, -0.1) is 0 Å². The Hall–Kier alpha value is -2.30. The minimum Gasteiger partial charge on any atom is -0.339 e. The highest BCUT2D eigenvalue weighted by Gasteiger charge is 2.39. The fourth-order valence-corrected chi connectivity index (χ4v) is 3.59. The van der Waals surface area contributed by atoms with E-state index in [4.69, 9.17) is 0 Å². The molecule has 23 heavy (non-hydrogen) atoms. The van der Waals surface area contributed by atoms with Gasteiger partial charge in [0.1, 0.15) is 0 Å². The van der Waals surface area contributed by atoms with Crippen LogP contribution in [0, 0.1) is 18.8 Å². The van der Waals surface area contributed by atoms with Crippen LogP contribution in [0.1, 0.15) is 12.0 Å². The first-order valence-corrected chi connectivity index (χ1v) is 8.10. The maximum absolute atomic E-state index is 12.5. The zero-order chi connectivity index (χ0) is 16.4. The molecular formula is C18H23N3O2. The first-order chi connectivity index (χ1) is 11.1. The first-order valence-electron chi connectivity index (χ1n) is 8.10. The van der Waals surface area contributed by atoms with Crippen molar-refractivity contribution in [3.8, 4) is 0 Å². The summed E-state index contributed by atoms with van der Waals surface area (Å²) in [6.07, 6.45) is 2.33. The average Bonchev–Trinajstić information content (AvgIpc) is 2.97. The van der Waals surface area contributed by atoms with Crippen LogP contribution >= 0.6 is 0 Å². The van der Waals surface area contributed by atoms with E-state index in [-0.39, 0.29) is 11.9 Å². The number of nitrogens with zero attached hydrogens (tertiary/aromatic N) is 2. The minimum atomic E-state index is -0.0494. The number of carbonyl (C=O) groups is 2. The Balaban J connectivity index is 1.60. The van der Waals surface area contributed by atoms with Crippen LogP contribution in [0.5, 0.6) is 0 Å². The Labute approximate surface area is 137 Å². The number of amides is 3. The van der Waals surface area contributed by atoms with E-state index in [1.807, 2.05) is 41.0 Å². The molecule has 1 aromatic rings. The molecule has 2 aliphatic rings. The van der Waals surface area contributed by atoms with E-state index in [2.05, 4.69) is 11.9 Å². The number of rotatable bonds is 2. The Morgan fingerprint density at radius 2 is 1.96 bits per heavy atom. The first kappa shape index (κ1) is 15.6. The molecule has 122 valence electrons. The van der Waals surface area contributed by atoms with Crippen LogP contribution in [-0.2, 0) is 4.79 Å². The summed E-state index contributed by atoms with van der Waals surface area (Å²) in [7, 11) is 0. The number of anilines is 1. The molecule has 2 heterocycles. The van der Waals surface area contributed by atoms with Crippen LogP contribution in [0.4, 0.5) is 10.5 Å². The van der Waals surface area contributed by atoms with Crippen LogP contribution in [-0.4, -0.2) is 47.9 Å². The van der Waals surface area contributed by atoms with Crippen LogP contribution < -0.4 is 5.32 Å². The standard InChI is InChI=1S/C18H23N3O2/c1-3-17(22)20-8-7-14-10-21(12-15(14)11-20)18(23)19-16-6-4-5-13(2)9-16/h3-6,9,14-15H,1,7-8,10-12H2,2H3,(H,19,23). The Morgan fingerprint density at radius 3 is 2.70 bits per heavy atom. The summed E-state index contributed by atoms with van der Waals surface area (Å²) in [4.78, 5) is 27.9. The SMILES string of the molecule is C=CC(=O)N1CCC2CN(C(=O)Nc3cccc(C)c3)CC2C1. The minimum absolute atomic E-state index is 0.00823. The molecule has 0 aromatic heterocycles. The normalized spacial score (nSPS) is 23.3. The zero-order valence-corrected chi connectivity index (χ0v) is 13.5. The van der Waals surface area contributed by atoms with E-state index in [0.717, 1.165) is 37.3 Å². The van der Waals surface area contributed by atoms with Crippen molar-refractivity contribution in [2.45, 2.75) is 13.3 Å². The van der Waals surface area contributed by atoms with Crippen LogP contribution in [0.3, 0.4) is 0 Å². The summed E-state index contributed by atoms with van der Waals surface area (Å²) in [5.74, 6) is 0.856.